The molecule has 10 heteroatoms. The van der Waals surface area contributed by atoms with Gasteiger partial charge in [0, 0.05) is 12.6 Å². The molecule has 0 saturated carbocycles. The molecule has 0 aliphatic carbocycles. The first-order valence-electron chi connectivity index (χ1n) is 6.01. The van der Waals surface area contributed by atoms with E-state index in [-0.39, 0.29) is 30.6 Å². The molecule has 2 heterocycles. The molecular formula is C11H13N5O5. The van der Waals surface area contributed by atoms with Crippen molar-refractivity contribution in [3.05, 3.63) is 23.7 Å². The number of carboxylic acids is 1. The summed E-state index contributed by atoms with van der Waals surface area (Å²) in [7, 11) is 0. The van der Waals surface area contributed by atoms with Crippen LogP contribution in [0, 0.1) is 6.92 Å². The van der Waals surface area contributed by atoms with E-state index in [1.807, 2.05) is 0 Å². The molecule has 0 aromatic carbocycles. The number of amides is 1. The smallest absolute Gasteiger partial charge is 0.358 e. The predicted octanol–water partition coefficient (Wildman–Crippen LogP) is -0.532. The third kappa shape index (κ3) is 4.30. The van der Waals surface area contributed by atoms with Crippen molar-refractivity contribution in [3.8, 4) is 5.88 Å². The number of aryl methyl sites for hydroxylation is 1. The van der Waals surface area contributed by atoms with Gasteiger partial charge in [-0.05, 0) is 12.1 Å². The van der Waals surface area contributed by atoms with Crippen LogP contribution in [0.5, 0.6) is 5.88 Å². The number of carbonyl (C=O) groups is 2. The van der Waals surface area contributed by atoms with Crippen LogP contribution in [-0.4, -0.2) is 50.3 Å². The zero-order chi connectivity index (χ0) is 15.2. The summed E-state index contributed by atoms with van der Waals surface area (Å²) in [6, 6.07) is 1.57. The lowest BCUT2D eigenvalue weighted by Gasteiger charge is -2.04. The number of nitrogens with one attached hydrogen (secondary N) is 1. The van der Waals surface area contributed by atoms with E-state index in [2.05, 4.69) is 20.8 Å². The van der Waals surface area contributed by atoms with Crippen molar-refractivity contribution in [2.75, 3.05) is 13.2 Å². The van der Waals surface area contributed by atoms with Gasteiger partial charge in [-0.3, -0.25) is 4.79 Å². The Hall–Kier alpha value is -2.91. The van der Waals surface area contributed by atoms with Gasteiger partial charge in [0.1, 0.15) is 5.76 Å². The van der Waals surface area contributed by atoms with Crippen molar-refractivity contribution in [1.29, 1.82) is 0 Å². The fraction of sp³-hybridized carbons (Fsp3) is 0.364. The lowest BCUT2D eigenvalue weighted by atomic mass is 10.5. The summed E-state index contributed by atoms with van der Waals surface area (Å²) < 4.78 is 11.2. The van der Waals surface area contributed by atoms with Crippen molar-refractivity contribution >= 4 is 11.9 Å². The van der Waals surface area contributed by atoms with Gasteiger partial charge < -0.3 is 19.7 Å². The Bertz CT molecular complexity index is 634. The van der Waals surface area contributed by atoms with Crippen molar-refractivity contribution in [2.45, 2.75) is 13.5 Å². The zero-order valence-corrected chi connectivity index (χ0v) is 11.1. The molecule has 112 valence electrons. The third-order valence-corrected chi connectivity index (χ3v) is 2.38. The van der Waals surface area contributed by atoms with Crippen LogP contribution in [0.2, 0.25) is 0 Å². The highest BCUT2D eigenvalue weighted by Gasteiger charge is 2.09. The standard InChI is InChI=1S/C11H13N5O5/c1-7-4-10(14-21-7)20-6-9(17)12-2-3-16-5-8(11(18)19)13-15-16/h4-5H,2-3,6H2,1H3,(H,12,17)(H,18,19). The molecule has 2 aromatic rings. The average molecular weight is 295 g/mol. The molecule has 2 rings (SSSR count). The summed E-state index contributed by atoms with van der Waals surface area (Å²) in [5, 5.41) is 21.9. The molecule has 0 saturated heterocycles. The molecule has 21 heavy (non-hydrogen) atoms. The minimum absolute atomic E-state index is 0.147. The Morgan fingerprint density at radius 3 is 2.95 bits per heavy atom. The summed E-state index contributed by atoms with van der Waals surface area (Å²) in [6.45, 7) is 2.09. The summed E-state index contributed by atoms with van der Waals surface area (Å²) in [5.41, 5.74) is -0.147. The van der Waals surface area contributed by atoms with Crippen molar-refractivity contribution in [2.24, 2.45) is 0 Å². The Balaban J connectivity index is 1.67. The molecule has 0 spiro atoms. The first-order chi connectivity index (χ1) is 10.0. The van der Waals surface area contributed by atoms with Gasteiger partial charge in [0.25, 0.3) is 11.8 Å². The van der Waals surface area contributed by atoms with Gasteiger partial charge in [-0.2, -0.15) is 0 Å². The predicted molar refractivity (Wildman–Crippen MR) is 66.7 cm³/mol. The number of aromatic nitrogens is 4. The number of hydrogen-bond donors (Lipinski definition) is 2. The van der Waals surface area contributed by atoms with Crippen LogP contribution in [0.15, 0.2) is 16.8 Å². The van der Waals surface area contributed by atoms with E-state index in [9.17, 15) is 9.59 Å². The minimum Gasteiger partial charge on any atom is -0.476 e. The molecule has 2 N–H and O–H groups in total. The van der Waals surface area contributed by atoms with E-state index in [1.165, 1.54) is 10.9 Å². The van der Waals surface area contributed by atoms with Crippen LogP contribution in [0.3, 0.4) is 0 Å². The average Bonchev–Trinajstić information content (AvgIpc) is 3.05. The van der Waals surface area contributed by atoms with Gasteiger partial charge in [0.2, 0.25) is 0 Å². The maximum absolute atomic E-state index is 11.5. The first-order valence-corrected chi connectivity index (χ1v) is 6.01. The molecule has 0 aliphatic rings. The van der Waals surface area contributed by atoms with Crippen molar-refractivity contribution < 1.29 is 24.0 Å². The van der Waals surface area contributed by atoms with Gasteiger partial charge >= 0.3 is 5.97 Å². The van der Waals surface area contributed by atoms with Crippen LogP contribution in [0.25, 0.3) is 0 Å². The number of hydrogen-bond acceptors (Lipinski definition) is 7. The highest BCUT2D eigenvalue weighted by molar-refractivity contribution is 5.84. The first kappa shape index (κ1) is 14.5. The van der Waals surface area contributed by atoms with Crippen LogP contribution >= 0.6 is 0 Å². The molecule has 1 amide bonds. The van der Waals surface area contributed by atoms with Gasteiger partial charge in [-0.25, -0.2) is 9.48 Å². The fourth-order valence-corrected chi connectivity index (χ4v) is 1.42. The SMILES string of the molecule is Cc1cc(OCC(=O)NCCn2cc(C(=O)O)nn2)no1. The maximum atomic E-state index is 11.5. The van der Waals surface area contributed by atoms with E-state index >= 15 is 0 Å². The summed E-state index contributed by atoms with van der Waals surface area (Å²) >= 11 is 0. The van der Waals surface area contributed by atoms with Crippen molar-refractivity contribution in [3.63, 3.8) is 0 Å². The summed E-state index contributed by atoms with van der Waals surface area (Å²) in [5.74, 6) is -0.660. The highest BCUT2D eigenvalue weighted by atomic mass is 16.5. The summed E-state index contributed by atoms with van der Waals surface area (Å²) in [4.78, 5) is 22.1. The Kier molecular flexibility index (Phi) is 4.49. The van der Waals surface area contributed by atoms with Crippen LogP contribution < -0.4 is 10.1 Å². The van der Waals surface area contributed by atoms with Crippen LogP contribution in [-0.2, 0) is 11.3 Å². The van der Waals surface area contributed by atoms with E-state index in [0.717, 1.165) is 0 Å². The number of aromatic carboxylic acids is 1. The number of ether oxygens (including phenoxy) is 1. The zero-order valence-electron chi connectivity index (χ0n) is 11.1. The molecule has 2 aromatic heterocycles. The third-order valence-electron chi connectivity index (χ3n) is 2.38. The Labute approximate surface area is 118 Å². The second kappa shape index (κ2) is 6.50. The van der Waals surface area contributed by atoms with Gasteiger partial charge in [0.05, 0.1) is 12.7 Å². The largest absolute Gasteiger partial charge is 0.476 e. The molecule has 0 unspecified atom stereocenters. The molecule has 0 atom stereocenters. The monoisotopic (exact) mass is 295 g/mol. The molecule has 10 nitrogen and oxygen atoms in total. The molecular weight excluding hydrogens is 282 g/mol. The molecule has 0 bridgehead atoms. The normalized spacial score (nSPS) is 10.3. The van der Waals surface area contributed by atoms with Gasteiger partial charge in [0.15, 0.2) is 12.3 Å². The van der Waals surface area contributed by atoms with Gasteiger partial charge in [-0.1, -0.05) is 5.21 Å². The van der Waals surface area contributed by atoms with Gasteiger partial charge in [-0.15, -0.1) is 5.10 Å². The van der Waals surface area contributed by atoms with Crippen LogP contribution in [0.4, 0.5) is 0 Å². The Morgan fingerprint density at radius 1 is 1.52 bits per heavy atom. The van der Waals surface area contributed by atoms with E-state index in [1.54, 1.807) is 13.0 Å². The molecule has 0 radical (unpaired) electrons. The molecule has 0 aliphatic heterocycles. The molecule has 0 fully saturated rings. The lowest BCUT2D eigenvalue weighted by molar-refractivity contribution is -0.123. The van der Waals surface area contributed by atoms with E-state index in [4.69, 9.17) is 14.4 Å². The van der Waals surface area contributed by atoms with Crippen LogP contribution in [0.1, 0.15) is 16.2 Å². The Morgan fingerprint density at radius 2 is 2.33 bits per heavy atom. The quantitative estimate of drug-likeness (QED) is 0.696. The number of rotatable bonds is 7. The highest BCUT2D eigenvalue weighted by Crippen LogP contribution is 2.09. The second-order valence-electron chi connectivity index (χ2n) is 4.09. The van der Waals surface area contributed by atoms with E-state index < -0.39 is 5.97 Å². The number of carbonyl (C=O) groups excluding carboxylic acids is 1. The number of nitrogens with zero attached hydrogens (tertiary/aromatic N) is 4. The summed E-state index contributed by atoms with van der Waals surface area (Å²) in [6.07, 6.45) is 1.28. The lowest BCUT2D eigenvalue weighted by Crippen LogP contribution is -2.31. The number of carboxylic acid groups (broad SMARTS) is 1. The second-order valence-corrected chi connectivity index (χ2v) is 4.09. The minimum atomic E-state index is -1.15. The fourth-order valence-electron chi connectivity index (χ4n) is 1.42. The van der Waals surface area contributed by atoms with Crippen molar-refractivity contribution in [1.82, 2.24) is 25.5 Å². The maximum Gasteiger partial charge on any atom is 0.358 e. The van der Waals surface area contributed by atoms with E-state index in [0.29, 0.717) is 12.3 Å². The topological polar surface area (TPSA) is 132 Å².